The number of rotatable bonds is 5. The minimum Gasteiger partial charge on any atom is -0.481 e. The first kappa shape index (κ1) is 14.8. The molecule has 1 aliphatic carbocycles. The Morgan fingerprint density at radius 2 is 2.00 bits per heavy atom. The molecule has 1 heterocycles. The van der Waals surface area contributed by atoms with Crippen LogP contribution in [0.4, 0.5) is 0 Å². The number of likely N-dealkylation sites (tertiary alicyclic amines) is 1. The molecule has 4 heteroatoms. The highest BCUT2D eigenvalue weighted by Crippen LogP contribution is 2.36. The van der Waals surface area contributed by atoms with E-state index in [1.807, 2.05) is 0 Å². The van der Waals surface area contributed by atoms with Crippen LogP contribution in [0.25, 0.3) is 0 Å². The van der Waals surface area contributed by atoms with Crippen LogP contribution in [0.5, 0.6) is 0 Å². The number of nitrogens with zero attached hydrogens (tertiary/aromatic N) is 2. The van der Waals surface area contributed by atoms with Gasteiger partial charge in [0.1, 0.15) is 0 Å². The van der Waals surface area contributed by atoms with Crippen LogP contribution >= 0.6 is 0 Å². The van der Waals surface area contributed by atoms with Crippen LogP contribution in [0, 0.1) is 0 Å². The zero-order valence-corrected chi connectivity index (χ0v) is 12.7. The van der Waals surface area contributed by atoms with Crippen LogP contribution in [0.1, 0.15) is 53.4 Å². The molecule has 19 heavy (non-hydrogen) atoms. The van der Waals surface area contributed by atoms with Crippen LogP contribution in [0.15, 0.2) is 0 Å². The Kier molecular flexibility index (Phi) is 4.21. The smallest absolute Gasteiger partial charge is 0.304 e. The van der Waals surface area contributed by atoms with Crippen molar-refractivity contribution in [2.75, 3.05) is 13.1 Å². The lowest BCUT2D eigenvalue weighted by atomic mass is 10.0. The van der Waals surface area contributed by atoms with Gasteiger partial charge < -0.3 is 5.11 Å². The van der Waals surface area contributed by atoms with Gasteiger partial charge in [-0.15, -0.1) is 0 Å². The molecule has 1 saturated carbocycles. The number of aliphatic carboxylic acids is 1. The third-order valence-corrected chi connectivity index (χ3v) is 4.49. The predicted octanol–water partition coefficient (Wildman–Crippen LogP) is 2.19. The molecular weight excluding hydrogens is 240 g/mol. The third-order valence-electron chi connectivity index (χ3n) is 4.49. The minimum atomic E-state index is -0.695. The molecule has 0 aromatic heterocycles. The Hall–Kier alpha value is -0.610. The van der Waals surface area contributed by atoms with Crippen LogP contribution in [-0.4, -0.2) is 57.6 Å². The van der Waals surface area contributed by atoms with Gasteiger partial charge in [-0.05, 0) is 47.0 Å². The summed E-state index contributed by atoms with van der Waals surface area (Å²) in [5, 5.41) is 8.94. The number of carboxylic acid groups (broad SMARTS) is 1. The molecule has 2 unspecified atom stereocenters. The van der Waals surface area contributed by atoms with Crippen molar-refractivity contribution in [2.24, 2.45) is 0 Å². The van der Waals surface area contributed by atoms with Crippen molar-refractivity contribution in [3.63, 3.8) is 0 Å². The lowest BCUT2D eigenvalue weighted by molar-refractivity contribution is -0.137. The average Bonchev–Trinajstić information content (AvgIpc) is 3.01. The molecule has 2 aliphatic rings. The van der Waals surface area contributed by atoms with Crippen molar-refractivity contribution in [1.82, 2.24) is 9.80 Å². The first-order valence-corrected chi connectivity index (χ1v) is 7.53. The standard InChI is InChI=1S/C15H28N2O2/c1-11-9-13(10-16(11)12-5-6-12)17(15(2,3)4)8-7-14(18)19/h11-13H,5-10H2,1-4H3,(H,18,19). The van der Waals surface area contributed by atoms with Gasteiger partial charge in [0.2, 0.25) is 0 Å². The highest BCUT2D eigenvalue weighted by molar-refractivity contribution is 5.66. The van der Waals surface area contributed by atoms with Gasteiger partial charge in [-0.2, -0.15) is 0 Å². The quantitative estimate of drug-likeness (QED) is 0.830. The van der Waals surface area contributed by atoms with E-state index in [1.54, 1.807) is 0 Å². The Morgan fingerprint density at radius 3 is 2.47 bits per heavy atom. The van der Waals surface area contributed by atoms with E-state index in [9.17, 15) is 4.79 Å². The maximum absolute atomic E-state index is 10.9. The molecule has 1 aliphatic heterocycles. The minimum absolute atomic E-state index is 0.0411. The number of hydrogen-bond donors (Lipinski definition) is 1. The first-order valence-electron chi connectivity index (χ1n) is 7.53. The highest BCUT2D eigenvalue weighted by atomic mass is 16.4. The van der Waals surface area contributed by atoms with Crippen LogP contribution in [0.2, 0.25) is 0 Å². The van der Waals surface area contributed by atoms with E-state index in [0.29, 0.717) is 18.6 Å². The highest BCUT2D eigenvalue weighted by Gasteiger charge is 2.42. The van der Waals surface area contributed by atoms with Crippen molar-refractivity contribution in [2.45, 2.75) is 77.0 Å². The summed E-state index contributed by atoms with van der Waals surface area (Å²) < 4.78 is 0. The van der Waals surface area contributed by atoms with E-state index in [4.69, 9.17) is 5.11 Å². The van der Waals surface area contributed by atoms with Gasteiger partial charge in [0.05, 0.1) is 6.42 Å². The molecule has 2 atom stereocenters. The zero-order valence-electron chi connectivity index (χ0n) is 12.7. The molecular formula is C15H28N2O2. The maximum Gasteiger partial charge on any atom is 0.304 e. The molecule has 0 radical (unpaired) electrons. The largest absolute Gasteiger partial charge is 0.481 e. The lowest BCUT2D eigenvalue weighted by Gasteiger charge is -2.40. The monoisotopic (exact) mass is 268 g/mol. The summed E-state index contributed by atoms with van der Waals surface area (Å²) in [6.07, 6.45) is 4.11. The fraction of sp³-hybridized carbons (Fsp3) is 0.933. The third kappa shape index (κ3) is 3.69. The summed E-state index contributed by atoms with van der Waals surface area (Å²) in [7, 11) is 0. The van der Waals surface area contributed by atoms with Gasteiger partial charge in [-0.3, -0.25) is 14.6 Å². The van der Waals surface area contributed by atoms with Crippen LogP contribution < -0.4 is 0 Å². The van der Waals surface area contributed by atoms with Crippen LogP contribution in [-0.2, 0) is 4.79 Å². The van der Waals surface area contributed by atoms with Crippen molar-refractivity contribution in [3.05, 3.63) is 0 Å². The second kappa shape index (κ2) is 5.41. The van der Waals surface area contributed by atoms with Gasteiger partial charge >= 0.3 is 5.97 Å². The molecule has 0 spiro atoms. The number of hydrogen-bond acceptors (Lipinski definition) is 3. The van der Waals surface area contributed by atoms with E-state index in [0.717, 1.165) is 12.6 Å². The summed E-state index contributed by atoms with van der Waals surface area (Å²) in [6.45, 7) is 10.7. The van der Waals surface area contributed by atoms with E-state index in [2.05, 4.69) is 37.5 Å². The van der Waals surface area contributed by atoms with Crippen LogP contribution in [0.3, 0.4) is 0 Å². The molecule has 1 saturated heterocycles. The van der Waals surface area contributed by atoms with Gasteiger partial charge in [-0.1, -0.05) is 0 Å². The molecule has 0 aromatic carbocycles. The fourth-order valence-corrected chi connectivity index (χ4v) is 3.45. The second-order valence-corrected chi connectivity index (χ2v) is 7.17. The molecule has 0 bridgehead atoms. The summed E-state index contributed by atoms with van der Waals surface area (Å²) in [5.74, 6) is -0.695. The number of carbonyl (C=O) groups is 1. The normalized spacial score (nSPS) is 29.1. The molecule has 4 nitrogen and oxygen atoms in total. The molecule has 0 amide bonds. The van der Waals surface area contributed by atoms with Gasteiger partial charge in [-0.25, -0.2) is 0 Å². The Bertz CT molecular complexity index is 334. The lowest BCUT2D eigenvalue weighted by Crippen LogP contribution is -2.50. The Morgan fingerprint density at radius 1 is 1.37 bits per heavy atom. The van der Waals surface area contributed by atoms with E-state index in [-0.39, 0.29) is 12.0 Å². The predicted molar refractivity (Wildman–Crippen MR) is 76.3 cm³/mol. The maximum atomic E-state index is 10.9. The fourth-order valence-electron chi connectivity index (χ4n) is 3.45. The van der Waals surface area contributed by atoms with Crippen molar-refractivity contribution >= 4 is 5.97 Å². The SMILES string of the molecule is CC1CC(N(CCC(=O)O)C(C)(C)C)CN1C1CC1. The summed E-state index contributed by atoms with van der Waals surface area (Å²) in [4.78, 5) is 15.9. The summed E-state index contributed by atoms with van der Waals surface area (Å²) >= 11 is 0. The average molecular weight is 268 g/mol. The first-order chi connectivity index (χ1) is 8.79. The summed E-state index contributed by atoms with van der Waals surface area (Å²) in [6, 6.07) is 1.96. The van der Waals surface area contributed by atoms with Gasteiger partial charge in [0.15, 0.2) is 0 Å². The second-order valence-electron chi connectivity index (χ2n) is 7.17. The van der Waals surface area contributed by atoms with Gasteiger partial charge in [0, 0.05) is 36.8 Å². The molecule has 1 N–H and O–H groups in total. The summed E-state index contributed by atoms with van der Waals surface area (Å²) in [5.41, 5.74) is 0.0411. The van der Waals surface area contributed by atoms with E-state index >= 15 is 0 Å². The number of carboxylic acids is 1. The van der Waals surface area contributed by atoms with Crippen molar-refractivity contribution < 1.29 is 9.90 Å². The molecule has 0 aromatic rings. The molecule has 110 valence electrons. The van der Waals surface area contributed by atoms with Gasteiger partial charge in [0.25, 0.3) is 0 Å². The Balaban J connectivity index is 2.00. The zero-order chi connectivity index (χ0) is 14.2. The Labute approximate surface area is 116 Å². The van der Waals surface area contributed by atoms with Crippen molar-refractivity contribution in [3.8, 4) is 0 Å². The molecule has 2 rings (SSSR count). The topological polar surface area (TPSA) is 43.8 Å². The van der Waals surface area contributed by atoms with Crippen molar-refractivity contribution in [1.29, 1.82) is 0 Å². The molecule has 2 fully saturated rings. The van der Waals surface area contributed by atoms with E-state index < -0.39 is 5.97 Å². The van der Waals surface area contributed by atoms with E-state index in [1.165, 1.54) is 19.3 Å².